The molecule has 4 rings (SSSR count). The predicted octanol–water partition coefficient (Wildman–Crippen LogP) is 6.82. The molecule has 1 N–H and O–H groups in total. The number of fused-ring (bicyclic) bond motifs is 1. The first-order valence-corrected chi connectivity index (χ1v) is 11.8. The molecule has 0 aliphatic carbocycles. The lowest BCUT2D eigenvalue weighted by Crippen LogP contribution is -2.03. The van der Waals surface area contributed by atoms with Crippen molar-refractivity contribution in [1.29, 1.82) is 0 Å². The van der Waals surface area contributed by atoms with Crippen LogP contribution in [0.4, 0.5) is 0 Å². The lowest BCUT2D eigenvalue weighted by atomic mass is 10.0. The van der Waals surface area contributed by atoms with Crippen LogP contribution in [0.25, 0.3) is 27.2 Å². The number of benzene rings is 1. The highest BCUT2D eigenvalue weighted by molar-refractivity contribution is 7.19. The molecule has 0 saturated carbocycles. The first kappa shape index (κ1) is 22.1. The maximum absolute atomic E-state index is 9.67. The minimum atomic E-state index is 0.0685. The maximum atomic E-state index is 9.67. The molecule has 4 nitrogen and oxygen atoms in total. The molecule has 0 unspecified atom stereocenters. The van der Waals surface area contributed by atoms with Crippen LogP contribution < -0.4 is 0 Å². The van der Waals surface area contributed by atoms with Crippen molar-refractivity contribution in [3.05, 3.63) is 95.9 Å². The van der Waals surface area contributed by atoms with Crippen LogP contribution in [-0.4, -0.2) is 19.2 Å². The SMILES string of the molecule is C=C/C=C(\C=C/CCC)Cn1c(-c2ccc(-n3ccnc3)cc2C)cc2sc(CO)cc21. The van der Waals surface area contributed by atoms with E-state index in [9.17, 15) is 5.11 Å². The molecule has 164 valence electrons. The Morgan fingerprint density at radius 3 is 2.81 bits per heavy atom. The summed E-state index contributed by atoms with van der Waals surface area (Å²) >= 11 is 1.66. The van der Waals surface area contributed by atoms with Gasteiger partial charge in [-0.05, 0) is 48.7 Å². The van der Waals surface area contributed by atoms with Gasteiger partial charge in [0.25, 0.3) is 0 Å². The topological polar surface area (TPSA) is 43.0 Å². The lowest BCUT2D eigenvalue weighted by Gasteiger charge is -2.15. The third-order valence-corrected chi connectivity index (χ3v) is 6.60. The summed E-state index contributed by atoms with van der Waals surface area (Å²) in [5, 5.41) is 9.67. The van der Waals surface area contributed by atoms with Crippen LogP contribution in [0.15, 0.2) is 85.5 Å². The van der Waals surface area contributed by atoms with Gasteiger partial charge in [-0.3, -0.25) is 0 Å². The molecule has 3 heterocycles. The summed E-state index contributed by atoms with van der Waals surface area (Å²) in [7, 11) is 0. The largest absolute Gasteiger partial charge is 0.391 e. The molecule has 0 amide bonds. The summed E-state index contributed by atoms with van der Waals surface area (Å²) in [6.07, 6.45) is 16.1. The van der Waals surface area contributed by atoms with E-state index >= 15 is 0 Å². The second kappa shape index (κ2) is 9.98. The minimum Gasteiger partial charge on any atom is -0.391 e. The molecule has 32 heavy (non-hydrogen) atoms. The van der Waals surface area contributed by atoms with Crippen molar-refractivity contribution < 1.29 is 5.11 Å². The highest BCUT2D eigenvalue weighted by atomic mass is 32.1. The predicted molar refractivity (Wildman–Crippen MR) is 135 cm³/mol. The zero-order valence-corrected chi connectivity index (χ0v) is 19.5. The summed E-state index contributed by atoms with van der Waals surface area (Å²) in [5.74, 6) is 0. The molecule has 0 aliphatic heterocycles. The monoisotopic (exact) mass is 443 g/mol. The maximum Gasteiger partial charge on any atom is 0.0991 e. The molecule has 5 heteroatoms. The van der Waals surface area contributed by atoms with Crippen LogP contribution >= 0.6 is 11.3 Å². The average molecular weight is 444 g/mol. The highest BCUT2D eigenvalue weighted by Crippen LogP contribution is 2.36. The molecule has 0 aliphatic rings. The van der Waals surface area contributed by atoms with E-state index in [0.29, 0.717) is 0 Å². The zero-order valence-electron chi connectivity index (χ0n) is 18.7. The first-order chi connectivity index (χ1) is 15.6. The van der Waals surface area contributed by atoms with Gasteiger partial charge < -0.3 is 14.2 Å². The number of hydrogen-bond donors (Lipinski definition) is 1. The van der Waals surface area contributed by atoms with Gasteiger partial charge in [-0.1, -0.05) is 50.3 Å². The van der Waals surface area contributed by atoms with Gasteiger partial charge in [0.05, 0.1) is 28.8 Å². The molecular formula is C27H29N3OS. The Bertz CT molecular complexity index is 1270. The standard InChI is InChI=1S/C27H29N3OS/c1-4-6-7-9-21(8-5-2)17-30-25(16-27-26(30)15-23(18-31)32-27)24-11-10-22(14-20(24)3)29-13-12-28-19-29/h5,7-16,19,31H,2,4,6,17-18H2,1,3H3/b9-7-,21-8+. The Balaban J connectivity index is 1.80. The van der Waals surface area contributed by atoms with E-state index in [1.165, 1.54) is 27.1 Å². The van der Waals surface area contributed by atoms with E-state index in [2.05, 4.69) is 78.5 Å². The molecule has 0 bridgehead atoms. The molecule has 0 fully saturated rings. The van der Waals surface area contributed by atoms with Crippen LogP contribution in [0.1, 0.15) is 30.2 Å². The van der Waals surface area contributed by atoms with Gasteiger partial charge >= 0.3 is 0 Å². The summed E-state index contributed by atoms with van der Waals surface area (Å²) in [4.78, 5) is 5.15. The number of imidazole rings is 1. The van der Waals surface area contributed by atoms with E-state index in [-0.39, 0.29) is 6.61 Å². The molecule has 4 aromatic rings. The van der Waals surface area contributed by atoms with Gasteiger partial charge in [-0.25, -0.2) is 4.98 Å². The fraction of sp³-hybridized carbons (Fsp3) is 0.222. The minimum absolute atomic E-state index is 0.0685. The van der Waals surface area contributed by atoms with Crippen molar-refractivity contribution in [2.24, 2.45) is 0 Å². The van der Waals surface area contributed by atoms with Gasteiger partial charge in [0.1, 0.15) is 0 Å². The van der Waals surface area contributed by atoms with Gasteiger partial charge in [0.15, 0.2) is 0 Å². The second-order valence-corrected chi connectivity index (χ2v) is 9.04. The smallest absolute Gasteiger partial charge is 0.0991 e. The molecule has 3 aromatic heterocycles. The van der Waals surface area contributed by atoms with Crippen molar-refractivity contribution >= 4 is 21.6 Å². The number of hydrogen-bond acceptors (Lipinski definition) is 3. The molecule has 0 saturated heterocycles. The van der Waals surface area contributed by atoms with Gasteiger partial charge in [0, 0.05) is 35.1 Å². The number of aliphatic hydroxyl groups is 1. The number of aromatic nitrogens is 3. The van der Waals surface area contributed by atoms with Crippen LogP contribution in [0.5, 0.6) is 0 Å². The van der Waals surface area contributed by atoms with Crippen molar-refractivity contribution in [2.75, 3.05) is 0 Å². The van der Waals surface area contributed by atoms with Crippen molar-refractivity contribution in [2.45, 2.75) is 39.8 Å². The van der Waals surface area contributed by atoms with E-state index < -0.39 is 0 Å². The number of unbranched alkanes of at least 4 members (excludes halogenated alkanes) is 1. The van der Waals surface area contributed by atoms with E-state index in [4.69, 9.17) is 0 Å². The number of allylic oxidation sites excluding steroid dienone is 5. The van der Waals surface area contributed by atoms with Crippen LogP contribution in [-0.2, 0) is 13.2 Å². The highest BCUT2D eigenvalue weighted by Gasteiger charge is 2.16. The Labute approximate surface area is 193 Å². The number of rotatable bonds is 9. The van der Waals surface area contributed by atoms with E-state index in [0.717, 1.165) is 35.5 Å². The summed E-state index contributed by atoms with van der Waals surface area (Å²) in [6.45, 7) is 9.06. The Morgan fingerprint density at radius 2 is 2.12 bits per heavy atom. The summed E-state index contributed by atoms with van der Waals surface area (Å²) < 4.78 is 5.57. The average Bonchev–Trinajstić information content (AvgIpc) is 3.52. The first-order valence-electron chi connectivity index (χ1n) is 10.9. The van der Waals surface area contributed by atoms with Crippen LogP contribution in [0.2, 0.25) is 0 Å². The fourth-order valence-electron chi connectivity index (χ4n) is 3.97. The lowest BCUT2D eigenvalue weighted by molar-refractivity contribution is 0.285. The zero-order chi connectivity index (χ0) is 22.5. The normalized spacial score (nSPS) is 12.3. The second-order valence-electron chi connectivity index (χ2n) is 7.87. The van der Waals surface area contributed by atoms with Crippen molar-refractivity contribution in [3.8, 4) is 16.9 Å². The Kier molecular flexibility index (Phi) is 6.88. The summed E-state index contributed by atoms with van der Waals surface area (Å²) in [6, 6.07) is 10.9. The van der Waals surface area contributed by atoms with Crippen molar-refractivity contribution in [3.63, 3.8) is 0 Å². The third kappa shape index (κ3) is 4.54. The fourth-order valence-corrected chi connectivity index (χ4v) is 4.93. The third-order valence-electron chi connectivity index (χ3n) is 5.54. The molecule has 1 aromatic carbocycles. The van der Waals surface area contributed by atoms with E-state index in [1.807, 2.05) is 23.2 Å². The Hall–Kier alpha value is -3.15. The van der Waals surface area contributed by atoms with Crippen LogP contribution in [0, 0.1) is 6.92 Å². The molecular weight excluding hydrogens is 414 g/mol. The van der Waals surface area contributed by atoms with E-state index in [1.54, 1.807) is 17.5 Å². The number of aryl methyl sites for hydroxylation is 1. The number of nitrogens with zero attached hydrogens (tertiary/aromatic N) is 3. The number of aliphatic hydroxyl groups excluding tert-OH is 1. The Morgan fingerprint density at radius 1 is 1.25 bits per heavy atom. The van der Waals surface area contributed by atoms with Crippen molar-refractivity contribution in [1.82, 2.24) is 14.1 Å². The van der Waals surface area contributed by atoms with Gasteiger partial charge in [0.2, 0.25) is 0 Å². The molecule has 0 spiro atoms. The van der Waals surface area contributed by atoms with Gasteiger partial charge in [-0.2, -0.15) is 0 Å². The van der Waals surface area contributed by atoms with Gasteiger partial charge in [-0.15, -0.1) is 11.3 Å². The molecule has 0 radical (unpaired) electrons. The molecule has 0 atom stereocenters. The van der Waals surface area contributed by atoms with Crippen LogP contribution in [0.3, 0.4) is 0 Å². The summed E-state index contributed by atoms with van der Waals surface area (Å²) in [5.41, 5.74) is 7.06. The quantitative estimate of drug-likeness (QED) is 0.288. The number of thiophene rings is 1.